The Morgan fingerprint density at radius 1 is 1.29 bits per heavy atom. The summed E-state index contributed by atoms with van der Waals surface area (Å²) >= 11 is 5.46. The SMILES string of the molecule is OCCN(C/C=C/Cl)c1ccccc1. The minimum atomic E-state index is 0.144. The van der Waals surface area contributed by atoms with E-state index in [9.17, 15) is 0 Å². The van der Waals surface area contributed by atoms with Crippen molar-refractivity contribution in [2.24, 2.45) is 0 Å². The van der Waals surface area contributed by atoms with Crippen molar-refractivity contribution >= 4 is 17.3 Å². The van der Waals surface area contributed by atoms with Crippen molar-refractivity contribution in [3.8, 4) is 0 Å². The predicted octanol–water partition coefficient (Wildman–Crippen LogP) is 2.24. The summed E-state index contributed by atoms with van der Waals surface area (Å²) in [7, 11) is 0. The Kier molecular flexibility index (Phi) is 5.12. The Hall–Kier alpha value is -0.990. The van der Waals surface area contributed by atoms with E-state index >= 15 is 0 Å². The second-order valence-corrected chi connectivity index (χ2v) is 3.12. The number of hydrogen-bond acceptors (Lipinski definition) is 2. The molecule has 0 aliphatic heterocycles. The van der Waals surface area contributed by atoms with Gasteiger partial charge in [-0.1, -0.05) is 35.9 Å². The van der Waals surface area contributed by atoms with Gasteiger partial charge in [-0.15, -0.1) is 0 Å². The van der Waals surface area contributed by atoms with Crippen LogP contribution in [-0.2, 0) is 0 Å². The maximum atomic E-state index is 8.90. The number of aliphatic hydroxyl groups is 1. The smallest absolute Gasteiger partial charge is 0.0606 e. The van der Waals surface area contributed by atoms with Crippen molar-refractivity contribution in [2.45, 2.75) is 0 Å². The highest BCUT2D eigenvalue weighted by Gasteiger charge is 2.01. The average molecular weight is 212 g/mol. The standard InChI is InChI=1S/C11H14ClNO/c12-7-4-8-13(9-10-14)11-5-2-1-3-6-11/h1-7,14H,8-10H2/b7-4+. The van der Waals surface area contributed by atoms with E-state index in [-0.39, 0.29) is 6.61 Å². The maximum Gasteiger partial charge on any atom is 0.0606 e. The van der Waals surface area contributed by atoms with Gasteiger partial charge in [-0.05, 0) is 12.1 Å². The van der Waals surface area contributed by atoms with Gasteiger partial charge in [0.2, 0.25) is 0 Å². The van der Waals surface area contributed by atoms with Crippen LogP contribution in [0.2, 0.25) is 0 Å². The van der Waals surface area contributed by atoms with Crippen LogP contribution in [0.4, 0.5) is 5.69 Å². The minimum absolute atomic E-state index is 0.144. The lowest BCUT2D eigenvalue weighted by molar-refractivity contribution is 0.303. The normalized spacial score (nSPS) is 10.7. The summed E-state index contributed by atoms with van der Waals surface area (Å²) in [6, 6.07) is 9.95. The highest BCUT2D eigenvalue weighted by molar-refractivity contribution is 6.25. The molecule has 0 unspecified atom stereocenters. The number of anilines is 1. The molecule has 1 N–H and O–H groups in total. The van der Waals surface area contributed by atoms with Crippen LogP contribution < -0.4 is 4.90 Å². The molecule has 3 heteroatoms. The van der Waals surface area contributed by atoms with Crippen LogP contribution in [0.1, 0.15) is 0 Å². The lowest BCUT2D eigenvalue weighted by Gasteiger charge is -2.21. The molecule has 0 aliphatic rings. The van der Waals surface area contributed by atoms with E-state index in [0.29, 0.717) is 13.1 Å². The Labute approximate surface area is 89.4 Å². The molecule has 76 valence electrons. The molecule has 1 aromatic carbocycles. The first-order valence-corrected chi connectivity index (χ1v) is 4.98. The molecular weight excluding hydrogens is 198 g/mol. The molecule has 14 heavy (non-hydrogen) atoms. The summed E-state index contributed by atoms with van der Waals surface area (Å²) in [6.07, 6.45) is 1.85. The van der Waals surface area contributed by atoms with Gasteiger partial charge in [0, 0.05) is 24.3 Å². The molecule has 0 amide bonds. The quantitative estimate of drug-likeness (QED) is 0.808. The van der Waals surface area contributed by atoms with Crippen LogP contribution in [0.3, 0.4) is 0 Å². The molecule has 2 nitrogen and oxygen atoms in total. The fraction of sp³-hybridized carbons (Fsp3) is 0.273. The molecule has 0 heterocycles. The molecule has 0 spiro atoms. The number of para-hydroxylation sites is 1. The van der Waals surface area contributed by atoms with Gasteiger partial charge in [0.1, 0.15) is 0 Å². The number of halogens is 1. The van der Waals surface area contributed by atoms with Crippen LogP contribution >= 0.6 is 11.6 Å². The molecule has 0 atom stereocenters. The number of hydrogen-bond donors (Lipinski definition) is 1. The highest BCUT2D eigenvalue weighted by atomic mass is 35.5. The molecule has 0 fully saturated rings. The second kappa shape index (κ2) is 6.46. The summed E-state index contributed by atoms with van der Waals surface area (Å²) in [4.78, 5) is 2.05. The fourth-order valence-electron chi connectivity index (χ4n) is 1.25. The van der Waals surface area contributed by atoms with Crippen molar-refractivity contribution in [1.29, 1.82) is 0 Å². The van der Waals surface area contributed by atoms with E-state index in [4.69, 9.17) is 16.7 Å². The van der Waals surface area contributed by atoms with Gasteiger partial charge in [-0.25, -0.2) is 0 Å². The van der Waals surface area contributed by atoms with Crippen molar-refractivity contribution in [3.05, 3.63) is 41.9 Å². The largest absolute Gasteiger partial charge is 0.395 e. The lowest BCUT2D eigenvalue weighted by atomic mass is 10.3. The topological polar surface area (TPSA) is 23.5 Å². The summed E-state index contributed by atoms with van der Waals surface area (Å²) in [5, 5.41) is 8.90. The monoisotopic (exact) mass is 211 g/mol. The van der Waals surface area contributed by atoms with Gasteiger partial charge < -0.3 is 10.0 Å². The van der Waals surface area contributed by atoms with Crippen molar-refractivity contribution in [2.75, 3.05) is 24.6 Å². The molecule has 0 aliphatic carbocycles. The molecule has 0 radical (unpaired) electrons. The molecule has 1 rings (SSSR count). The van der Waals surface area contributed by atoms with E-state index in [1.165, 1.54) is 5.54 Å². The first-order valence-electron chi connectivity index (χ1n) is 4.54. The van der Waals surface area contributed by atoms with Crippen LogP contribution in [-0.4, -0.2) is 24.8 Å². The zero-order valence-corrected chi connectivity index (χ0v) is 8.69. The number of benzene rings is 1. The minimum Gasteiger partial charge on any atom is -0.395 e. The van der Waals surface area contributed by atoms with Crippen molar-refractivity contribution < 1.29 is 5.11 Å². The predicted molar refractivity (Wildman–Crippen MR) is 60.7 cm³/mol. The van der Waals surface area contributed by atoms with E-state index in [1.54, 1.807) is 0 Å². The van der Waals surface area contributed by atoms with E-state index in [2.05, 4.69) is 4.90 Å². The van der Waals surface area contributed by atoms with Gasteiger partial charge in [0.25, 0.3) is 0 Å². The Morgan fingerprint density at radius 3 is 2.57 bits per heavy atom. The first kappa shape index (κ1) is 11.1. The van der Waals surface area contributed by atoms with Crippen molar-refractivity contribution in [3.63, 3.8) is 0 Å². The Bertz CT molecular complexity index is 274. The molecule has 0 saturated heterocycles. The highest BCUT2D eigenvalue weighted by Crippen LogP contribution is 2.12. The third-order valence-corrected chi connectivity index (χ3v) is 2.08. The molecule has 0 bridgehead atoms. The van der Waals surface area contributed by atoms with Gasteiger partial charge >= 0.3 is 0 Å². The van der Waals surface area contributed by atoms with Crippen molar-refractivity contribution in [1.82, 2.24) is 0 Å². The van der Waals surface area contributed by atoms with E-state index in [0.717, 1.165) is 5.69 Å². The van der Waals surface area contributed by atoms with Crippen LogP contribution in [0.15, 0.2) is 41.9 Å². The Morgan fingerprint density at radius 2 is 2.00 bits per heavy atom. The fourth-order valence-corrected chi connectivity index (χ4v) is 1.33. The number of aliphatic hydroxyl groups excluding tert-OH is 1. The zero-order valence-electron chi connectivity index (χ0n) is 7.94. The molecule has 1 aromatic rings. The van der Waals surface area contributed by atoms with Crippen LogP contribution in [0.25, 0.3) is 0 Å². The molecular formula is C11H14ClNO. The summed E-state index contributed by atoms with van der Waals surface area (Å²) in [6.45, 7) is 1.48. The van der Waals surface area contributed by atoms with Gasteiger partial charge in [-0.2, -0.15) is 0 Å². The number of nitrogens with zero attached hydrogens (tertiary/aromatic N) is 1. The second-order valence-electron chi connectivity index (χ2n) is 2.87. The molecule has 0 aromatic heterocycles. The van der Waals surface area contributed by atoms with Gasteiger partial charge in [-0.3, -0.25) is 0 Å². The first-order chi connectivity index (χ1) is 6.88. The van der Waals surface area contributed by atoms with Gasteiger partial charge in [0.05, 0.1) is 6.61 Å². The Balaban J connectivity index is 2.67. The summed E-state index contributed by atoms with van der Waals surface area (Å²) < 4.78 is 0. The van der Waals surface area contributed by atoms with E-state index in [1.807, 2.05) is 36.4 Å². The lowest BCUT2D eigenvalue weighted by Crippen LogP contribution is -2.26. The van der Waals surface area contributed by atoms with E-state index < -0.39 is 0 Å². The molecule has 0 saturated carbocycles. The van der Waals surface area contributed by atoms with Gasteiger partial charge in [0.15, 0.2) is 0 Å². The maximum absolute atomic E-state index is 8.90. The third kappa shape index (κ3) is 3.40. The number of rotatable bonds is 5. The zero-order chi connectivity index (χ0) is 10.2. The summed E-state index contributed by atoms with van der Waals surface area (Å²) in [5.41, 5.74) is 2.59. The third-order valence-electron chi connectivity index (χ3n) is 1.91. The van der Waals surface area contributed by atoms with Crippen LogP contribution in [0.5, 0.6) is 0 Å². The summed E-state index contributed by atoms with van der Waals surface area (Å²) in [5.74, 6) is 0. The van der Waals surface area contributed by atoms with Crippen LogP contribution in [0, 0.1) is 0 Å². The average Bonchev–Trinajstić information content (AvgIpc) is 2.25.